The Morgan fingerprint density at radius 1 is 1.33 bits per heavy atom. The molecule has 1 N–H and O–H groups in total. The lowest BCUT2D eigenvalue weighted by Gasteiger charge is -2.22. The number of likely N-dealkylation sites (N-methyl/N-ethyl adjacent to an activating group) is 2. The molecule has 1 rings (SSSR count). The summed E-state index contributed by atoms with van der Waals surface area (Å²) in [4.78, 5) is 2.24. The predicted molar refractivity (Wildman–Crippen MR) is 77.0 cm³/mol. The zero-order valence-electron chi connectivity index (χ0n) is 12.5. The lowest BCUT2D eigenvalue weighted by Crippen LogP contribution is -2.40. The standard InChI is InChI=1S/C14H28N4/c1-6-12-9-14(18(8-3)16-12)10-13(15-7-2)11-17(4)5/h9,13,15H,6-8,10-11H2,1-5H3. The maximum absolute atomic E-state index is 4.61. The molecule has 1 unspecified atom stereocenters. The van der Waals surface area contributed by atoms with Crippen LogP contribution < -0.4 is 5.32 Å². The fourth-order valence-electron chi connectivity index (χ4n) is 2.31. The molecule has 0 saturated carbocycles. The summed E-state index contributed by atoms with van der Waals surface area (Å²) >= 11 is 0. The van der Waals surface area contributed by atoms with E-state index in [4.69, 9.17) is 0 Å². The summed E-state index contributed by atoms with van der Waals surface area (Å²) in [5, 5.41) is 8.17. The molecule has 18 heavy (non-hydrogen) atoms. The Morgan fingerprint density at radius 3 is 2.56 bits per heavy atom. The van der Waals surface area contributed by atoms with Crippen LogP contribution in [0.2, 0.25) is 0 Å². The molecule has 1 atom stereocenters. The monoisotopic (exact) mass is 252 g/mol. The first kappa shape index (κ1) is 15.2. The van der Waals surface area contributed by atoms with E-state index in [9.17, 15) is 0 Å². The van der Waals surface area contributed by atoms with Crippen molar-refractivity contribution in [2.75, 3.05) is 27.2 Å². The topological polar surface area (TPSA) is 33.1 Å². The second kappa shape index (κ2) is 7.54. The van der Waals surface area contributed by atoms with Gasteiger partial charge >= 0.3 is 0 Å². The highest BCUT2D eigenvalue weighted by Crippen LogP contribution is 2.09. The van der Waals surface area contributed by atoms with Crippen molar-refractivity contribution in [1.82, 2.24) is 20.0 Å². The minimum Gasteiger partial charge on any atom is -0.313 e. The lowest BCUT2D eigenvalue weighted by atomic mass is 10.1. The van der Waals surface area contributed by atoms with Gasteiger partial charge in [0.1, 0.15) is 0 Å². The van der Waals surface area contributed by atoms with Gasteiger partial charge in [-0.15, -0.1) is 0 Å². The van der Waals surface area contributed by atoms with Crippen LogP contribution in [0, 0.1) is 0 Å². The molecule has 0 bridgehead atoms. The largest absolute Gasteiger partial charge is 0.313 e. The van der Waals surface area contributed by atoms with Crippen LogP contribution in [0.5, 0.6) is 0 Å². The molecule has 0 aliphatic carbocycles. The Bertz CT molecular complexity index is 344. The molecule has 4 nitrogen and oxygen atoms in total. The second-order valence-corrected chi connectivity index (χ2v) is 5.02. The number of aromatic nitrogens is 2. The molecule has 0 amide bonds. The minimum atomic E-state index is 0.497. The molecule has 1 heterocycles. The van der Waals surface area contributed by atoms with Crippen molar-refractivity contribution in [3.05, 3.63) is 17.5 Å². The Morgan fingerprint density at radius 2 is 2.06 bits per heavy atom. The Hall–Kier alpha value is -0.870. The fourth-order valence-corrected chi connectivity index (χ4v) is 2.31. The van der Waals surface area contributed by atoms with Crippen molar-refractivity contribution in [3.63, 3.8) is 0 Å². The van der Waals surface area contributed by atoms with Crippen molar-refractivity contribution in [1.29, 1.82) is 0 Å². The van der Waals surface area contributed by atoms with Crippen LogP contribution in [0.15, 0.2) is 6.07 Å². The van der Waals surface area contributed by atoms with Gasteiger partial charge in [-0.25, -0.2) is 0 Å². The molecule has 4 heteroatoms. The number of rotatable bonds is 8. The van der Waals surface area contributed by atoms with E-state index >= 15 is 0 Å². The average molecular weight is 252 g/mol. The molecule has 0 aliphatic rings. The van der Waals surface area contributed by atoms with Gasteiger partial charge in [0.15, 0.2) is 0 Å². The summed E-state index contributed by atoms with van der Waals surface area (Å²) in [6.07, 6.45) is 2.06. The van der Waals surface area contributed by atoms with Crippen LogP contribution in [0.1, 0.15) is 32.2 Å². The van der Waals surface area contributed by atoms with Gasteiger partial charge in [0.2, 0.25) is 0 Å². The Labute approximate surface area is 111 Å². The number of hydrogen-bond acceptors (Lipinski definition) is 3. The van der Waals surface area contributed by atoms with Crippen molar-refractivity contribution in [2.24, 2.45) is 0 Å². The summed E-state index contributed by atoms with van der Waals surface area (Å²) < 4.78 is 2.14. The molecular formula is C14H28N4. The summed E-state index contributed by atoms with van der Waals surface area (Å²) in [5.41, 5.74) is 2.55. The maximum Gasteiger partial charge on any atom is 0.0624 e. The number of nitrogens with zero attached hydrogens (tertiary/aromatic N) is 3. The van der Waals surface area contributed by atoms with Gasteiger partial charge in [-0.2, -0.15) is 5.10 Å². The average Bonchev–Trinajstić information content (AvgIpc) is 2.71. The minimum absolute atomic E-state index is 0.497. The van der Waals surface area contributed by atoms with E-state index in [2.05, 4.69) is 60.9 Å². The SMILES string of the molecule is CCNC(Cc1cc(CC)nn1CC)CN(C)C. The fraction of sp³-hybridized carbons (Fsp3) is 0.786. The second-order valence-electron chi connectivity index (χ2n) is 5.02. The molecule has 0 fully saturated rings. The normalized spacial score (nSPS) is 13.2. The molecule has 0 radical (unpaired) electrons. The smallest absolute Gasteiger partial charge is 0.0624 e. The van der Waals surface area contributed by atoms with E-state index in [1.54, 1.807) is 0 Å². The van der Waals surface area contributed by atoms with Gasteiger partial charge in [-0.1, -0.05) is 13.8 Å². The zero-order valence-corrected chi connectivity index (χ0v) is 12.5. The van der Waals surface area contributed by atoms with Crippen LogP contribution in [-0.2, 0) is 19.4 Å². The van der Waals surface area contributed by atoms with Gasteiger partial charge in [-0.05, 0) is 40.1 Å². The molecule has 0 saturated heterocycles. The lowest BCUT2D eigenvalue weighted by molar-refractivity contribution is 0.335. The first-order valence-corrected chi connectivity index (χ1v) is 7.04. The molecular weight excluding hydrogens is 224 g/mol. The quantitative estimate of drug-likeness (QED) is 0.762. The highest BCUT2D eigenvalue weighted by Gasteiger charge is 2.13. The van der Waals surface area contributed by atoms with Gasteiger partial charge in [-0.3, -0.25) is 4.68 Å². The van der Waals surface area contributed by atoms with E-state index in [1.165, 1.54) is 11.4 Å². The van der Waals surface area contributed by atoms with Gasteiger partial charge in [0.05, 0.1) is 5.69 Å². The number of aryl methyl sites for hydroxylation is 2. The van der Waals surface area contributed by atoms with Gasteiger partial charge in [0.25, 0.3) is 0 Å². The van der Waals surface area contributed by atoms with Crippen LogP contribution in [-0.4, -0.2) is 47.9 Å². The van der Waals surface area contributed by atoms with E-state index in [1.807, 2.05) is 0 Å². The van der Waals surface area contributed by atoms with Gasteiger partial charge < -0.3 is 10.2 Å². The summed E-state index contributed by atoms with van der Waals surface area (Å²) in [6, 6.07) is 2.75. The van der Waals surface area contributed by atoms with Crippen LogP contribution >= 0.6 is 0 Å². The third kappa shape index (κ3) is 4.42. The molecule has 1 aromatic heterocycles. The maximum atomic E-state index is 4.61. The Kier molecular flexibility index (Phi) is 6.36. The predicted octanol–water partition coefficient (Wildman–Crippen LogP) is 1.55. The van der Waals surface area contributed by atoms with Gasteiger partial charge in [0, 0.05) is 31.2 Å². The summed E-state index contributed by atoms with van der Waals surface area (Å²) in [5.74, 6) is 0. The first-order chi connectivity index (χ1) is 8.60. The first-order valence-electron chi connectivity index (χ1n) is 7.04. The number of nitrogens with one attached hydrogen (secondary N) is 1. The van der Waals surface area contributed by atoms with Crippen LogP contribution in [0.4, 0.5) is 0 Å². The highest BCUT2D eigenvalue weighted by atomic mass is 15.3. The van der Waals surface area contributed by atoms with Crippen LogP contribution in [0.3, 0.4) is 0 Å². The third-order valence-corrected chi connectivity index (χ3v) is 3.11. The van der Waals surface area contributed by atoms with Crippen molar-refractivity contribution >= 4 is 0 Å². The summed E-state index contributed by atoms with van der Waals surface area (Å²) in [7, 11) is 4.25. The van der Waals surface area contributed by atoms with E-state index < -0.39 is 0 Å². The number of hydrogen-bond donors (Lipinski definition) is 1. The molecule has 0 aliphatic heterocycles. The zero-order chi connectivity index (χ0) is 13.5. The van der Waals surface area contributed by atoms with E-state index in [0.717, 1.165) is 32.5 Å². The summed E-state index contributed by atoms with van der Waals surface area (Å²) in [6.45, 7) is 9.51. The highest BCUT2D eigenvalue weighted by molar-refractivity contribution is 5.12. The molecule has 0 aromatic carbocycles. The third-order valence-electron chi connectivity index (χ3n) is 3.11. The molecule has 0 spiro atoms. The van der Waals surface area contributed by atoms with Crippen molar-refractivity contribution in [2.45, 2.75) is 46.2 Å². The van der Waals surface area contributed by atoms with Crippen molar-refractivity contribution in [3.8, 4) is 0 Å². The molecule has 1 aromatic rings. The Balaban J connectivity index is 2.75. The van der Waals surface area contributed by atoms with E-state index in [0.29, 0.717) is 6.04 Å². The van der Waals surface area contributed by atoms with Crippen LogP contribution in [0.25, 0.3) is 0 Å². The molecule has 104 valence electrons. The van der Waals surface area contributed by atoms with E-state index in [-0.39, 0.29) is 0 Å². The van der Waals surface area contributed by atoms with Crippen molar-refractivity contribution < 1.29 is 0 Å².